The first-order valence-corrected chi connectivity index (χ1v) is 7.47. The number of rotatable bonds is 5. The Kier molecular flexibility index (Phi) is 4.23. The van der Waals surface area contributed by atoms with E-state index in [4.69, 9.17) is 4.74 Å². The van der Waals surface area contributed by atoms with Gasteiger partial charge in [-0.05, 0) is 37.6 Å². The van der Waals surface area contributed by atoms with Crippen molar-refractivity contribution >= 4 is 17.4 Å². The number of fused-ring (bicyclic) bond motifs is 1. The Labute approximate surface area is 134 Å². The van der Waals surface area contributed by atoms with E-state index in [2.05, 4.69) is 15.3 Å². The predicted octanol–water partition coefficient (Wildman–Crippen LogP) is 2.68. The van der Waals surface area contributed by atoms with E-state index in [0.717, 1.165) is 28.3 Å². The van der Waals surface area contributed by atoms with Gasteiger partial charge in [-0.25, -0.2) is 4.98 Å². The van der Waals surface area contributed by atoms with Crippen molar-refractivity contribution in [2.45, 2.75) is 13.8 Å². The molecule has 0 aromatic carbocycles. The number of imidazole rings is 1. The summed E-state index contributed by atoms with van der Waals surface area (Å²) in [6, 6.07) is 7.76. The molecule has 3 aromatic rings. The van der Waals surface area contributed by atoms with Crippen LogP contribution >= 0.6 is 0 Å². The summed E-state index contributed by atoms with van der Waals surface area (Å²) in [6.07, 6.45) is 5.45. The van der Waals surface area contributed by atoms with E-state index in [1.54, 1.807) is 19.3 Å². The van der Waals surface area contributed by atoms with E-state index < -0.39 is 0 Å². The number of nitrogens with one attached hydrogen (secondary N) is 1. The quantitative estimate of drug-likeness (QED) is 0.734. The third-order valence-electron chi connectivity index (χ3n) is 3.41. The Balaban J connectivity index is 2.04. The van der Waals surface area contributed by atoms with Crippen LogP contribution in [0.4, 0.5) is 5.82 Å². The van der Waals surface area contributed by atoms with Crippen molar-refractivity contribution in [1.29, 1.82) is 0 Å². The van der Waals surface area contributed by atoms with Crippen LogP contribution in [-0.2, 0) is 9.53 Å². The summed E-state index contributed by atoms with van der Waals surface area (Å²) >= 11 is 0. The summed E-state index contributed by atoms with van der Waals surface area (Å²) in [4.78, 5) is 20.5. The van der Waals surface area contributed by atoms with Crippen LogP contribution < -0.4 is 5.32 Å². The lowest BCUT2D eigenvalue weighted by atomic mass is 10.2. The molecule has 0 aliphatic heterocycles. The number of esters is 1. The molecule has 0 saturated heterocycles. The van der Waals surface area contributed by atoms with Crippen LogP contribution in [0, 0.1) is 6.92 Å². The lowest BCUT2D eigenvalue weighted by Gasteiger charge is -2.08. The minimum Gasteiger partial charge on any atom is -0.465 e. The summed E-state index contributed by atoms with van der Waals surface area (Å²) in [5.41, 5.74) is 3.56. The lowest BCUT2D eigenvalue weighted by molar-refractivity contribution is -0.140. The molecule has 0 aliphatic carbocycles. The Hall–Kier alpha value is -2.89. The van der Waals surface area contributed by atoms with E-state index >= 15 is 0 Å². The predicted molar refractivity (Wildman–Crippen MR) is 88.3 cm³/mol. The number of carbonyl (C=O) groups excluding carboxylic acids is 1. The van der Waals surface area contributed by atoms with Crippen molar-refractivity contribution in [1.82, 2.24) is 14.4 Å². The Morgan fingerprint density at radius 2 is 2.22 bits per heavy atom. The van der Waals surface area contributed by atoms with Gasteiger partial charge in [0.1, 0.15) is 23.7 Å². The average Bonchev–Trinajstić information content (AvgIpc) is 2.92. The average molecular weight is 310 g/mol. The zero-order chi connectivity index (χ0) is 16.2. The van der Waals surface area contributed by atoms with Crippen LogP contribution in [0.25, 0.3) is 16.9 Å². The molecule has 0 unspecified atom stereocenters. The fourth-order valence-electron chi connectivity index (χ4n) is 2.39. The van der Waals surface area contributed by atoms with Crippen LogP contribution in [0.1, 0.15) is 12.5 Å². The molecule has 0 amide bonds. The van der Waals surface area contributed by atoms with Crippen LogP contribution in [0.5, 0.6) is 0 Å². The summed E-state index contributed by atoms with van der Waals surface area (Å²) in [5.74, 6) is 0.456. The SMILES string of the molecule is CCOC(=O)CNc1c(-c2cccnc2)nc2ccc(C)cn12. The molecule has 23 heavy (non-hydrogen) atoms. The standard InChI is InChI=1S/C17H18N4O2/c1-3-23-15(22)10-19-17-16(13-5-4-8-18-9-13)20-14-7-6-12(2)11-21(14)17/h4-9,11,19H,3,10H2,1-2H3. The van der Waals surface area contributed by atoms with Gasteiger partial charge in [-0.1, -0.05) is 6.07 Å². The number of hydrogen-bond donors (Lipinski definition) is 1. The molecule has 6 heteroatoms. The summed E-state index contributed by atoms with van der Waals surface area (Å²) < 4.78 is 6.92. The number of nitrogens with zero attached hydrogens (tertiary/aromatic N) is 3. The smallest absolute Gasteiger partial charge is 0.325 e. The van der Waals surface area contributed by atoms with Gasteiger partial charge in [-0.2, -0.15) is 0 Å². The van der Waals surface area contributed by atoms with Gasteiger partial charge in [-0.3, -0.25) is 14.2 Å². The highest BCUT2D eigenvalue weighted by Crippen LogP contribution is 2.28. The molecule has 0 fully saturated rings. The van der Waals surface area contributed by atoms with Gasteiger partial charge in [0.15, 0.2) is 0 Å². The fraction of sp³-hybridized carbons (Fsp3) is 0.235. The first-order valence-electron chi connectivity index (χ1n) is 7.47. The van der Waals surface area contributed by atoms with E-state index in [-0.39, 0.29) is 12.5 Å². The number of aromatic nitrogens is 3. The zero-order valence-electron chi connectivity index (χ0n) is 13.1. The van der Waals surface area contributed by atoms with Gasteiger partial charge < -0.3 is 10.1 Å². The third kappa shape index (κ3) is 3.15. The van der Waals surface area contributed by atoms with Gasteiger partial charge in [0.2, 0.25) is 0 Å². The molecule has 0 aliphatic rings. The lowest BCUT2D eigenvalue weighted by Crippen LogP contribution is -2.17. The number of anilines is 1. The monoisotopic (exact) mass is 310 g/mol. The molecule has 3 heterocycles. The molecule has 0 saturated carbocycles. The van der Waals surface area contributed by atoms with Crippen molar-refractivity contribution in [3.8, 4) is 11.3 Å². The zero-order valence-corrected chi connectivity index (χ0v) is 13.1. The Morgan fingerprint density at radius 1 is 1.35 bits per heavy atom. The van der Waals surface area contributed by atoms with Crippen molar-refractivity contribution in [2.24, 2.45) is 0 Å². The van der Waals surface area contributed by atoms with Crippen LogP contribution in [0.3, 0.4) is 0 Å². The minimum atomic E-state index is -0.299. The minimum absolute atomic E-state index is 0.0861. The second kappa shape index (κ2) is 6.48. The summed E-state index contributed by atoms with van der Waals surface area (Å²) in [6.45, 7) is 4.25. The molecular weight excluding hydrogens is 292 g/mol. The van der Waals surface area contributed by atoms with Gasteiger partial charge >= 0.3 is 5.97 Å². The van der Waals surface area contributed by atoms with Gasteiger partial charge in [0.25, 0.3) is 0 Å². The highest BCUT2D eigenvalue weighted by Gasteiger charge is 2.15. The largest absolute Gasteiger partial charge is 0.465 e. The number of pyridine rings is 2. The third-order valence-corrected chi connectivity index (χ3v) is 3.41. The van der Waals surface area contributed by atoms with E-state index in [1.165, 1.54) is 0 Å². The van der Waals surface area contributed by atoms with Crippen molar-refractivity contribution in [3.05, 3.63) is 48.4 Å². The number of ether oxygens (including phenoxy) is 1. The first-order chi connectivity index (χ1) is 11.2. The second-order valence-corrected chi connectivity index (χ2v) is 5.14. The highest BCUT2D eigenvalue weighted by molar-refractivity contribution is 5.80. The maximum atomic E-state index is 11.7. The molecule has 0 radical (unpaired) electrons. The van der Waals surface area contributed by atoms with Crippen molar-refractivity contribution in [2.75, 3.05) is 18.5 Å². The Morgan fingerprint density at radius 3 is 2.96 bits per heavy atom. The van der Waals surface area contributed by atoms with Crippen molar-refractivity contribution < 1.29 is 9.53 Å². The number of hydrogen-bond acceptors (Lipinski definition) is 5. The molecule has 3 aromatic heterocycles. The van der Waals surface area contributed by atoms with Crippen molar-refractivity contribution in [3.63, 3.8) is 0 Å². The molecule has 0 spiro atoms. The molecule has 0 atom stereocenters. The summed E-state index contributed by atoms with van der Waals surface area (Å²) in [5, 5.41) is 3.14. The van der Waals surface area contributed by atoms with Crippen LogP contribution in [0.2, 0.25) is 0 Å². The molecule has 6 nitrogen and oxygen atoms in total. The van der Waals surface area contributed by atoms with Gasteiger partial charge in [0, 0.05) is 24.2 Å². The molecule has 0 bridgehead atoms. The number of aryl methyl sites for hydroxylation is 1. The van der Waals surface area contributed by atoms with E-state index in [9.17, 15) is 4.79 Å². The normalized spacial score (nSPS) is 10.7. The highest BCUT2D eigenvalue weighted by atomic mass is 16.5. The molecule has 118 valence electrons. The fourth-order valence-corrected chi connectivity index (χ4v) is 2.39. The maximum absolute atomic E-state index is 11.7. The molecule has 1 N–H and O–H groups in total. The Bertz CT molecular complexity index is 827. The first kappa shape index (κ1) is 15.0. The molecule has 3 rings (SSSR count). The molecular formula is C17H18N4O2. The maximum Gasteiger partial charge on any atom is 0.325 e. The van der Waals surface area contributed by atoms with Gasteiger partial charge in [-0.15, -0.1) is 0 Å². The van der Waals surface area contributed by atoms with Crippen LogP contribution in [0.15, 0.2) is 42.9 Å². The summed E-state index contributed by atoms with van der Waals surface area (Å²) in [7, 11) is 0. The van der Waals surface area contributed by atoms with E-state index in [0.29, 0.717) is 6.61 Å². The number of carbonyl (C=O) groups is 1. The van der Waals surface area contributed by atoms with Gasteiger partial charge in [0.05, 0.1) is 6.61 Å². The van der Waals surface area contributed by atoms with Crippen LogP contribution in [-0.4, -0.2) is 33.5 Å². The second-order valence-electron chi connectivity index (χ2n) is 5.14. The topological polar surface area (TPSA) is 68.5 Å². The van der Waals surface area contributed by atoms with E-state index in [1.807, 2.05) is 41.8 Å².